The molecule has 9 nitrogen and oxygen atoms in total. The van der Waals surface area contributed by atoms with Crippen LogP contribution in [0.4, 0.5) is 0 Å². The highest BCUT2D eigenvalue weighted by atomic mass is 16.5. The van der Waals surface area contributed by atoms with Crippen LogP contribution >= 0.6 is 0 Å². The molecule has 0 spiro atoms. The van der Waals surface area contributed by atoms with E-state index >= 15 is 0 Å². The summed E-state index contributed by atoms with van der Waals surface area (Å²) >= 11 is 0. The van der Waals surface area contributed by atoms with Crippen LogP contribution in [0.1, 0.15) is 18.6 Å². The molecule has 1 atom stereocenters. The number of nitrogens with zero attached hydrogens (tertiary/aromatic N) is 5. The van der Waals surface area contributed by atoms with Crippen molar-refractivity contribution in [2.45, 2.75) is 32.4 Å². The van der Waals surface area contributed by atoms with Gasteiger partial charge in [-0.2, -0.15) is 10.1 Å². The van der Waals surface area contributed by atoms with Crippen molar-refractivity contribution in [2.24, 2.45) is 0 Å². The molecule has 1 unspecified atom stereocenters. The molecule has 1 aliphatic heterocycles. The molecule has 1 aromatic carbocycles. The van der Waals surface area contributed by atoms with Crippen molar-refractivity contribution in [3.8, 4) is 0 Å². The highest BCUT2D eigenvalue weighted by Crippen LogP contribution is 2.12. The fraction of sp³-hybridized carbons (Fsp3) is 0.421. The topological polar surface area (TPSA) is 103 Å². The standard InChI is InChI=1S/C19H21N5O4/c1-2-17-21-16(22-28-17)9-14-11-23(7-8-27-14)18(25)12-24-19(26)15-6-4-3-5-13(15)10-20-24/h3-6,10,14H,2,7-9,11-12H2,1H3. The third-order valence-electron chi connectivity index (χ3n) is 4.76. The van der Waals surface area contributed by atoms with Gasteiger partial charge in [0.05, 0.1) is 24.3 Å². The molecule has 1 amide bonds. The normalized spacial score (nSPS) is 17.2. The van der Waals surface area contributed by atoms with Crippen molar-refractivity contribution in [2.75, 3.05) is 19.7 Å². The number of morpholine rings is 1. The van der Waals surface area contributed by atoms with Crippen molar-refractivity contribution in [3.05, 3.63) is 52.5 Å². The van der Waals surface area contributed by atoms with E-state index in [4.69, 9.17) is 9.26 Å². The van der Waals surface area contributed by atoms with Gasteiger partial charge < -0.3 is 14.2 Å². The summed E-state index contributed by atoms with van der Waals surface area (Å²) in [4.78, 5) is 31.3. The lowest BCUT2D eigenvalue weighted by atomic mass is 10.2. The number of benzene rings is 1. The minimum Gasteiger partial charge on any atom is -0.374 e. The summed E-state index contributed by atoms with van der Waals surface area (Å²) in [5.74, 6) is 0.990. The maximum atomic E-state index is 12.7. The third kappa shape index (κ3) is 3.79. The quantitative estimate of drug-likeness (QED) is 0.642. The number of fused-ring (bicyclic) bond motifs is 1. The summed E-state index contributed by atoms with van der Waals surface area (Å²) in [5, 5.41) is 9.38. The summed E-state index contributed by atoms with van der Waals surface area (Å²) < 4.78 is 12.1. The second-order valence-corrected chi connectivity index (χ2v) is 6.69. The van der Waals surface area contributed by atoms with E-state index in [1.54, 1.807) is 23.2 Å². The maximum absolute atomic E-state index is 12.7. The molecule has 1 fully saturated rings. The number of carbonyl (C=O) groups excluding carboxylic acids is 1. The summed E-state index contributed by atoms with van der Waals surface area (Å²) in [7, 11) is 0. The Morgan fingerprint density at radius 3 is 3.00 bits per heavy atom. The average molecular weight is 383 g/mol. The number of hydrogen-bond donors (Lipinski definition) is 0. The van der Waals surface area contributed by atoms with Crippen molar-refractivity contribution in [3.63, 3.8) is 0 Å². The van der Waals surface area contributed by atoms with Gasteiger partial charge in [-0.05, 0) is 6.07 Å². The lowest BCUT2D eigenvalue weighted by Gasteiger charge is -2.32. The average Bonchev–Trinajstić information content (AvgIpc) is 3.18. The first-order valence-corrected chi connectivity index (χ1v) is 9.29. The second kappa shape index (κ2) is 7.89. The van der Waals surface area contributed by atoms with Crippen LogP contribution in [0.15, 0.2) is 39.8 Å². The van der Waals surface area contributed by atoms with Crippen LogP contribution in [0.3, 0.4) is 0 Å². The Bertz CT molecular complexity index is 1040. The molecule has 1 aliphatic rings. The van der Waals surface area contributed by atoms with Crippen LogP contribution in [0.2, 0.25) is 0 Å². The number of carbonyl (C=O) groups is 1. The molecular formula is C19H21N5O4. The molecule has 3 aromatic rings. The van der Waals surface area contributed by atoms with Crippen LogP contribution in [-0.2, 0) is 28.9 Å². The van der Waals surface area contributed by atoms with Gasteiger partial charge in [-0.3, -0.25) is 9.59 Å². The lowest BCUT2D eigenvalue weighted by molar-refractivity contribution is -0.139. The van der Waals surface area contributed by atoms with E-state index in [9.17, 15) is 9.59 Å². The van der Waals surface area contributed by atoms with Crippen LogP contribution in [-0.4, -0.2) is 56.5 Å². The monoisotopic (exact) mass is 383 g/mol. The van der Waals surface area contributed by atoms with Gasteiger partial charge in [-0.25, -0.2) is 4.68 Å². The molecule has 0 N–H and O–H groups in total. The van der Waals surface area contributed by atoms with E-state index < -0.39 is 0 Å². The first-order valence-electron chi connectivity index (χ1n) is 9.29. The predicted molar refractivity (Wildman–Crippen MR) is 99.7 cm³/mol. The van der Waals surface area contributed by atoms with Gasteiger partial charge in [0.15, 0.2) is 5.82 Å². The molecule has 28 heavy (non-hydrogen) atoms. The van der Waals surface area contributed by atoms with Gasteiger partial charge in [-0.15, -0.1) is 0 Å². The molecule has 0 saturated carbocycles. The minimum atomic E-state index is -0.268. The van der Waals surface area contributed by atoms with Gasteiger partial charge in [-0.1, -0.05) is 30.3 Å². The second-order valence-electron chi connectivity index (χ2n) is 6.69. The van der Waals surface area contributed by atoms with Crippen LogP contribution in [0, 0.1) is 0 Å². The van der Waals surface area contributed by atoms with Crippen molar-refractivity contribution in [1.29, 1.82) is 0 Å². The highest BCUT2D eigenvalue weighted by molar-refractivity contribution is 5.81. The summed E-state index contributed by atoms with van der Waals surface area (Å²) in [6.45, 7) is 3.16. The Kier molecular flexibility index (Phi) is 5.16. The molecule has 9 heteroatoms. The van der Waals surface area contributed by atoms with Crippen molar-refractivity contribution < 1.29 is 14.1 Å². The maximum Gasteiger partial charge on any atom is 0.275 e. The largest absolute Gasteiger partial charge is 0.374 e. The third-order valence-corrected chi connectivity index (χ3v) is 4.76. The van der Waals surface area contributed by atoms with Crippen molar-refractivity contribution in [1.82, 2.24) is 24.8 Å². The Labute approximate surface area is 160 Å². The molecule has 1 saturated heterocycles. The SMILES string of the molecule is CCc1nc(CC2CN(C(=O)Cn3ncc4ccccc4c3=O)CCO2)no1. The molecule has 2 aromatic heterocycles. The van der Waals surface area contributed by atoms with Gasteiger partial charge in [0.1, 0.15) is 6.54 Å². The zero-order valence-electron chi connectivity index (χ0n) is 15.6. The molecule has 4 rings (SSSR count). The highest BCUT2D eigenvalue weighted by Gasteiger charge is 2.26. The zero-order valence-corrected chi connectivity index (χ0v) is 15.6. The molecular weight excluding hydrogens is 362 g/mol. The molecule has 0 aliphatic carbocycles. The summed E-state index contributed by atoms with van der Waals surface area (Å²) in [6.07, 6.45) is 2.55. The van der Waals surface area contributed by atoms with E-state index in [2.05, 4.69) is 15.2 Å². The van der Waals surface area contributed by atoms with E-state index in [0.29, 0.717) is 49.6 Å². The fourth-order valence-corrected chi connectivity index (χ4v) is 3.26. The summed E-state index contributed by atoms with van der Waals surface area (Å²) in [5.41, 5.74) is -0.268. The van der Waals surface area contributed by atoms with E-state index in [1.807, 2.05) is 19.1 Å². The van der Waals surface area contributed by atoms with E-state index in [1.165, 1.54) is 4.68 Å². The van der Waals surface area contributed by atoms with Gasteiger partial charge in [0.2, 0.25) is 11.8 Å². The minimum absolute atomic E-state index is 0.0986. The molecule has 0 radical (unpaired) electrons. The smallest absolute Gasteiger partial charge is 0.275 e. The van der Waals surface area contributed by atoms with Crippen LogP contribution in [0.5, 0.6) is 0 Å². The first kappa shape index (κ1) is 18.3. The number of aryl methyl sites for hydroxylation is 1. The predicted octanol–water partition coefficient (Wildman–Crippen LogP) is 0.812. The number of rotatable bonds is 5. The number of hydrogen-bond acceptors (Lipinski definition) is 7. The lowest BCUT2D eigenvalue weighted by Crippen LogP contribution is -2.48. The molecule has 3 heterocycles. The Balaban J connectivity index is 1.43. The van der Waals surface area contributed by atoms with Gasteiger partial charge >= 0.3 is 0 Å². The zero-order chi connectivity index (χ0) is 19.5. The first-order chi connectivity index (χ1) is 13.6. The number of ether oxygens (including phenoxy) is 1. The molecule has 146 valence electrons. The van der Waals surface area contributed by atoms with Gasteiger partial charge in [0.25, 0.3) is 5.56 Å². The van der Waals surface area contributed by atoms with Crippen LogP contribution in [0.25, 0.3) is 10.8 Å². The number of aromatic nitrogens is 4. The van der Waals surface area contributed by atoms with Gasteiger partial charge in [0, 0.05) is 31.3 Å². The number of amides is 1. The Morgan fingerprint density at radius 2 is 2.18 bits per heavy atom. The summed E-state index contributed by atoms with van der Waals surface area (Å²) in [6, 6.07) is 7.20. The van der Waals surface area contributed by atoms with Crippen molar-refractivity contribution >= 4 is 16.7 Å². The van der Waals surface area contributed by atoms with Crippen LogP contribution < -0.4 is 5.56 Å². The van der Waals surface area contributed by atoms with E-state index in [-0.39, 0.29) is 24.1 Å². The fourth-order valence-electron chi connectivity index (χ4n) is 3.26. The molecule has 0 bridgehead atoms. The van der Waals surface area contributed by atoms with E-state index in [0.717, 1.165) is 5.39 Å². The Morgan fingerprint density at radius 1 is 1.32 bits per heavy atom. The Hall–Kier alpha value is -3.07.